The molecular formula is C46H29N5. The van der Waals surface area contributed by atoms with Crippen molar-refractivity contribution in [3.05, 3.63) is 162 Å². The quantitative estimate of drug-likeness (QED) is 0.190. The third kappa shape index (κ3) is 4.67. The van der Waals surface area contributed by atoms with Gasteiger partial charge in [-0.05, 0) is 90.3 Å². The molecule has 0 bridgehead atoms. The Hall–Kier alpha value is -7.13. The van der Waals surface area contributed by atoms with Crippen LogP contribution in [0.4, 0.5) is 0 Å². The Balaban J connectivity index is 1.25. The average Bonchev–Trinajstić information content (AvgIpc) is 3.69. The summed E-state index contributed by atoms with van der Waals surface area (Å²) in [6.45, 7) is 2.24. The number of nitriles is 3. The lowest BCUT2D eigenvalue weighted by atomic mass is 9.86. The molecule has 0 saturated carbocycles. The van der Waals surface area contributed by atoms with Crippen molar-refractivity contribution in [2.24, 2.45) is 5.92 Å². The van der Waals surface area contributed by atoms with E-state index in [1.165, 1.54) is 0 Å². The largest absolute Gasteiger partial charge is 0.312 e. The molecule has 1 unspecified atom stereocenters. The molecule has 2 heterocycles. The molecule has 5 nitrogen and oxygen atoms in total. The van der Waals surface area contributed by atoms with Gasteiger partial charge in [0.2, 0.25) is 0 Å². The maximum Gasteiger partial charge on any atom is 0.0998 e. The highest BCUT2D eigenvalue weighted by molar-refractivity contribution is 6.13. The van der Waals surface area contributed by atoms with Crippen molar-refractivity contribution in [2.75, 3.05) is 0 Å². The SMILES string of the molecule is CC1CC=CC(c2cc(-c3cccc(-n4c5ccccc5c5cc(C#N)ccc54)c3)ccc2C#N)=C1n1c2ccccc2c2cc(C#N)ccc21. The van der Waals surface area contributed by atoms with Crippen LogP contribution in [0.5, 0.6) is 0 Å². The molecule has 0 N–H and O–H groups in total. The molecule has 1 aliphatic carbocycles. The summed E-state index contributed by atoms with van der Waals surface area (Å²) in [6, 6.07) is 50.1. The van der Waals surface area contributed by atoms with Crippen LogP contribution in [0.1, 0.15) is 35.6 Å². The molecule has 51 heavy (non-hydrogen) atoms. The number of hydrogen-bond acceptors (Lipinski definition) is 3. The van der Waals surface area contributed by atoms with Crippen molar-refractivity contribution in [1.82, 2.24) is 9.13 Å². The van der Waals surface area contributed by atoms with Crippen LogP contribution in [0, 0.1) is 39.9 Å². The van der Waals surface area contributed by atoms with Gasteiger partial charge in [-0.25, -0.2) is 0 Å². The first-order valence-electron chi connectivity index (χ1n) is 17.0. The summed E-state index contributed by atoms with van der Waals surface area (Å²) in [5.41, 5.74) is 12.2. The molecule has 1 aliphatic rings. The van der Waals surface area contributed by atoms with Crippen molar-refractivity contribution in [3.63, 3.8) is 0 Å². The van der Waals surface area contributed by atoms with Gasteiger partial charge in [0.1, 0.15) is 0 Å². The number of benzene rings is 6. The molecule has 0 spiro atoms. The zero-order valence-corrected chi connectivity index (χ0v) is 27.8. The van der Waals surface area contributed by atoms with Crippen LogP contribution in [-0.2, 0) is 0 Å². The van der Waals surface area contributed by atoms with Crippen molar-refractivity contribution in [3.8, 4) is 35.0 Å². The van der Waals surface area contributed by atoms with Crippen LogP contribution in [-0.4, -0.2) is 9.13 Å². The number of nitrogens with zero attached hydrogens (tertiary/aromatic N) is 5. The van der Waals surface area contributed by atoms with Crippen molar-refractivity contribution in [2.45, 2.75) is 13.3 Å². The number of allylic oxidation sites excluding steroid dienone is 4. The first kappa shape index (κ1) is 30.0. The third-order valence-corrected chi connectivity index (χ3v) is 10.2. The summed E-state index contributed by atoms with van der Waals surface area (Å²) in [5, 5.41) is 34.0. The van der Waals surface area contributed by atoms with E-state index in [1.807, 2.05) is 66.7 Å². The number of hydrogen-bond donors (Lipinski definition) is 0. The van der Waals surface area contributed by atoms with Gasteiger partial charge in [0.25, 0.3) is 0 Å². The second kappa shape index (κ2) is 11.8. The van der Waals surface area contributed by atoms with E-state index in [0.29, 0.717) is 16.7 Å². The Kier molecular flexibility index (Phi) is 6.92. The molecule has 6 aromatic carbocycles. The van der Waals surface area contributed by atoms with E-state index in [4.69, 9.17) is 0 Å². The van der Waals surface area contributed by atoms with E-state index in [0.717, 1.165) is 83.7 Å². The molecular weight excluding hydrogens is 623 g/mol. The smallest absolute Gasteiger partial charge is 0.0998 e. The fourth-order valence-electron chi connectivity index (χ4n) is 7.91. The Bertz CT molecular complexity index is 2950. The summed E-state index contributed by atoms with van der Waals surface area (Å²) >= 11 is 0. The van der Waals surface area contributed by atoms with Crippen molar-refractivity contribution in [1.29, 1.82) is 15.8 Å². The zero-order valence-electron chi connectivity index (χ0n) is 27.8. The molecule has 1 atom stereocenters. The fraction of sp³-hybridized carbons (Fsp3) is 0.0652. The van der Waals surface area contributed by atoms with Gasteiger partial charge in [-0.15, -0.1) is 0 Å². The van der Waals surface area contributed by atoms with Crippen LogP contribution in [0.25, 0.3) is 71.7 Å². The van der Waals surface area contributed by atoms with Crippen molar-refractivity contribution < 1.29 is 0 Å². The van der Waals surface area contributed by atoms with Crippen LogP contribution in [0.2, 0.25) is 0 Å². The van der Waals surface area contributed by atoms with E-state index in [9.17, 15) is 15.8 Å². The van der Waals surface area contributed by atoms with Crippen LogP contribution in [0.3, 0.4) is 0 Å². The van der Waals surface area contributed by atoms with Crippen LogP contribution in [0.15, 0.2) is 140 Å². The van der Waals surface area contributed by atoms with Gasteiger partial charge in [0.05, 0.1) is 57.0 Å². The van der Waals surface area contributed by atoms with Gasteiger partial charge >= 0.3 is 0 Å². The Labute approximate surface area is 295 Å². The maximum atomic E-state index is 10.4. The van der Waals surface area contributed by atoms with Gasteiger partial charge in [0.15, 0.2) is 0 Å². The fourth-order valence-corrected chi connectivity index (χ4v) is 7.91. The van der Waals surface area contributed by atoms with Crippen LogP contribution < -0.4 is 0 Å². The van der Waals surface area contributed by atoms with Crippen LogP contribution >= 0.6 is 0 Å². The average molecular weight is 652 g/mol. The Morgan fingerprint density at radius 3 is 1.82 bits per heavy atom. The number of aromatic nitrogens is 2. The molecule has 0 saturated heterocycles. The molecule has 0 radical (unpaired) electrons. The highest BCUT2D eigenvalue weighted by Crippen LogP contribution is 2.43. The minimum absolute atomic E-state index is 0.176. The lowest BCUT2D eigenvalue weighted by Crippen LogP contribution is -2.12. The first-order valence-corrected chi connectivity index (χ1v) is 17.0. The van der Waals surface area contributed by atoms with E-state index >= 15 is 0 Å². The maximum absolute atomic E-state index is 10.4. The Morgan fingerprint density at radius 2 is 1.16 bits per heavy atom. The lowest BCUT2D eigenvalue weighted by molar-refractivity contribution is 0.728. The van der Waals surface area contributed by atoms with Crippen molar-refractivity contribution >= 4 is 54.9 Å². The molecule has 5 heteroatoms. The van der Waals surface area contributed by atoms with E-state index < -0.39 is 0 Å². The minimum Gasteiger partial charge on any atom is -0.312 e. The topological polar surface area (TPSA) is 81.2 Å². The standard InChI is InChI=1S/C46H29N5/c1-29-8-6-13-38(46(29)51-43-15-5-3-12-37(43)41-23-31(27-48)17-21-45(41)51)39-25-33(18-19-34(39)28-49)32-9-7-10-35(24-32)50-42-14-4-2-11-36(42)40-22-30(26-47)16-20-44(40)50/h2-7,9-25,29H,8H2,1H3. The summed E-state index contributed by atoms with van der Waals surface area (Å²) in [4.78, 5) is 0. The molecule has 238 valence electrons. The van der Waals surface area contributed by atoms with E-state index in [2.05, 4.69) is 107 Å². The molecule has 0 aliphatic heterocycles. The van der Waals surface area contributed by atoms with Gasteiger partial charge in [-0.1, -0.05) is 73.7 Å². The predicted molar refractivity (Wildman–Crippen MR) is 206 cm³/mol. The molecule has 0 amide bonds. The minimum atomic E-state index is 0.176. The normalized spacial score (nSPS) is 14.3. The number of rotatable bonds is 4. The summed E-state index contributed by atoms with van der Waals surface area (Å²) < 4.78 is 4.59. The van der Waals surface area contributed by atoms with E-state index in [-0.39, 0.29) is 5.92 Å². The zero-order chi connectivity index (χ0) is 34.6. The number of para-hydroxylation sites is 2. The predicted octanol–water partition coefficient (Wildman–Crippen LogP) is 11.1. The highest BCUT2D eigenvalue weighted by Gasteiger charge is 2.25. The van der Waals surface area contributed by atoms with Gasteiger partial charge in [-0.2, -0.15) is 15.8 Å². The highest BCUT2D eigenvalue weighted by atomic mass is 15.0. The molecule has 8 aromatic rings. The molecule has 9 rings (SSSR count). The lowest BCUT2D eigenvalue weighted by Gasteiger charge is -2.26. The summed E-state index contributed by atoms with van der Waals surface area (Å²) in [7, 11) is 0. The second-order valence-corrected chi connectivity index (χ2v) is 13.2. The molecule has 0 fully saturated rings. The van der Waals surface area contributed by atoms with Gasteiger partial charge in [-0.3, -0.25) is 0 Å². The second-order valence-electron chi connectivity index (χ2n) is 13.2. The monoisotopic (exact) mass is 651 g/mol. The van der Waals surface area contributed by atoms with Gasteiger partial charge in [0, 0.05) is 50.0 Å². The summed E-state index contributed by atoms with van der Waals surface area (Å²) in [6.07, 6.45) is 5.25. The molecule has 2 aromatic heterocycles. The van der Waals surface area contributed by atoms with E-state index in [1.54, 1.807) is 0 Å². The number of fused-ring (bicyclic) bond motifs is 6. The summed E-state index contributed by atoms with van der Waals surface area (Å²) in [5.74, 6) is 0.176. The third-order valence-electron chi connectivity index (χ3n) is 10.2. The van der Waals surface area contributed by atoms with Gasteiger partial charge < -0.3 is 9.13 Å². The first-order chi connectivity index (χ1) is 25.1. The Morgan fingerprint density at radius 1 is 0.549 bits per heavy atom.